The lowest BCUT2D eigenvalue weighted by Crippen LogP contribution is -2.17. The van der Waals surface area contributed by atoms with E-state index in [1.165, 1.54) is 18.3 Å². The Morgan fingerprint density at radius 2 is 1.50 bits per heavy atom. The van der Waals surface area contributed by atoms with Gasteiger partial charge in [-0.2, -0.15) is 5.10 Å². The molecular formula is C20H14Cl2N4O2. The lowest BCUT2D eigenvalue weighted by molar-refractivity contribution is 0.0954. The third kappa shape index (κ3) is 5.39. The second-order valence-corrected chi connectivity index (χ2v) is 6.54. The maximum absolute atomic E-state index is 12.3. The molecule has 0 bridgehead atoms. The van der Waals surface area contributed by atoms with Crippen LogP contribution in [-0.2, 0) is 0 Å². The molecule has 0 aliphatic heterocycles. The van der Waals surface area contributed by atoms with Crippen LogP contribution in [0.3, 0.4) is 0 Å². The Balaban J connectivity index is 1.60. The van der Waals surface area contributed by atoms with Crippen LogP contribution in [0.25, 0.3) is 0 Å². The fourth-order valence-electron chi connectivity index (χ4n) is 2.27. The third-order valence-electron chi connectivity index (χ3n) is 3.62. The summed E-state index contributed by atoms with van der Waals surface area (Å²) in [5, 5.41) is 7.36. The molecule has 0 saturated heterocycles. The van der Waals surface area contributed by atoms with Crippen LogP contribution in [0.4, 0.5) is 5.69 Å². The number of anilines is 1. The number of halogens is 2. The number of aromatic nitrogens is 1. The fourth-order valence-corrected chi connectivity index (χ4v) is 2.80. The highest BCUT2D eigenvalue weighted by Gasteiger charge is 2.09. The van der Waals surface area contributed by atoms with E-state index in [-0.39, 0.29) is 11.8 Å². The van der Waals surface area contributed by atoms with E-state index >= 15 is 0 Å². The summed E-state index contributed by atoms with van der Waals surface area (Å²) in [5.41, 5.74) is 4.52. The van der Waals surface area contributed by atoms with Gasteiger partial charge >= 0.3 is 0 Å². The molecule has 0 aliphatic rings. The minimum Gasteiger partial charge on any atom is -0.322 e. The third-order valence-corrected chi connectivity index (χ3v) is 4.05. The highest BCUT2D eigenvalue weighted by atomic mass is 35.5. The molecule has 2 aromatic carbocycles. The number of rotatable bonds is 5. The van der Waals surface area contributed by atoms with Crippen LogP contribution in [0.2, 0.25) is 10.0 Å². The van der Waals surface area contributed by atoms with E-state index in [9.17, 15) is 9.59 Å². The Kier molecular flexibility index (Phi) is 6.37. The smallest absolute Gasteiger partial charge is 0.271 e. The van der Waals surface area contributed by atoms with Gasteiger partial charge in [0, 0.05) is 39.3 Å². The first-order chi connectivity index (χ1) is 13.5. The van der Waals surface area contributed by atoms with Crippen LogP contribution in [0.15, 0.2) is 72.1 Å². The number of carbonyl (C=O) groups is 2. The fraction of sp³-hybridized carbons (Fsp3) is 0. The van der Waals surface area contributed by atoms with Gasteiger partial charge in [-0.1, -0.05) is 23.2 Å². The normalized spacial score (nSPS) is 10.6. The molecule has 0 aliphatic carbocycles. The number of nitrogens with zero attached hydrogens (tertiary/aromatic N) is 2. The molecule has 1 aromatic heterocycles. The van der Waals surface area contributed by atoms with Gasteiger partial charge < -0.3 is 5.32 Å². The first kappa shape index (κ1) is 19.5. The molecular weight excluding hydrogens is 399 g/mol. The SMILES string of the molecule is O=C(N/N=C/c1ccncc1)c1ccc(NC(=O)c2cc(Cl)cc(Cl)c2)cc1. The Labute approximate surface area is 171 Å². The van der Waals surface area contributed by atoms with Crippen molar-refractivity contribution >= 4 is 46.9 Å². The van der Waals surface area contributed by atoms with Crippen molar-refractivity contribution < 1.29 is 9.59 Å². The Hall–Kier alpha value is -3.22. The van der Waals surface area contributed by atoms with Gasteiger partial charge in [-0.3, -0.25) is 14.6 Å². The predicted molar refractivity (Wildman–Crippen MR) is 110 cm³/mol. The number of hydrazone groups is 1. The van der Waals surface area contributed by atoms with Crippen LogP contribution in [0.5, 0.6) is 0 Å². The van der Waals surface area contributed by atoms with Crippen molar-refractivity contribution in [3.8, 4) is 0 Å². The Morgan fingerprint density at radius 1 is 0.857 bits per heavy atom. The highest BCUT2D eigenvalue weighted by molar-refractivity contribution is 6.35. The summed E-state index contributed by atoms with van der Waals surface area (Å²) in [5.74, 6) is -0.728. The molecule has 0 fully saturated rings. The van der Waals surface area contributed by atoms with Gasteiger partial charge in [0.1, 0.15) is 0 Å². The molecule has 6 nitrogen and oxygen atoms in total. The monoisotopic (exact) mass is 412 g/mol. The van der Waals surface area contributed by atoms with Crippen molar-refractivity contribution in [1.29, 1.82) is 0 Å². The number of nitrogens with one attached hydrogen (secondary N) is 2. The average Bonchev–Trinajstić information content (AvgIpc) is 2.68. The molecule has 1 heterocycles. The van der Waals surface area contributed by atoms with Crippen LogP contribution in [-0.4, -0.2) is 23.0 Å². The van der Waals surface area contributed by atoms with E-state index < -0.39 is 0 Å². The largest absolute Gasteiger partial charge is 0.322 e. The number of hydrogen-bond donors (Lipinski definition) is 2. The zero-order chi connectivity index (χ0) is 19.9. The molecule has 3 aromatic rings. The van der Waals surface area contributed by atoms with Gasteiger partial charge in [0.15, 0.2) is 0 Å². The molecule has 140 valence electrons. The van der Waals surface area contributed by atoms with Gasteiger partial charge in [-0.25, -0.2) is 5.43 Å². The molecule has 2 N–H and O–H groups in total. The maximum atomic E-state index is 12.3. The van der Waals surface area contributed by atoms with Crippen molar-refractivity contribution in [2.24, 2.45) is 5.10 Å². The number of hydrogen-bond acceptors (Lipinski definition) is 4. The van der Waals surface area contributed by atoms with Gasteiger partial charge in [0.25, 0.3) is 11.8 Å². The van der Waals surface area contributed by atoms with E-state index in [0.717, 1.165) is 5.56 Å². The Bertz CT molecular complexity index is 1000. The topological polar surface area (TPSA) is 83.4 Å². The van der Waals surface area contributed by atoms with Crippen LogP contribution < -0.4 is 10.7 Å². The number of benzene rings is 2. The van der Waals surface area contributed by atoms with Crippen molar-refractivity contribution in [3.05, 3.63) is 93.7 Å². The number of pyridine rings is 1. The minimum atomic E-state index is -0.371. The van der Waals surface area contributed by atoms with Crippen molar-refractivity contribution in [2.75, 3.05) is 5.32 Å². The van der Waals surface area contributed by atoms with Crippen molar-refractivity contribution in [2.45, 2.75) is 0 Å². The predicted octanol–water partition coefficient (Wildman–Crippen LogP) is 4.40. The molecule has 0 saturated carbocycles. The quantitative estimate of drug-likeness (QED) is 0.480. The number of carbonyl (C=O) groups excluding carboxylic acids is 2. The second-order valence-electron chi connectivity index (χ2n) is 5.67. The Morgan fingerprint density at radius 3 is 2.14 bits per heavy atom. The van der Waals surface area contributed by atoms with Gasteiger partial charge in [0.2, 0.25) is 0 Å². The number of amides is 2. The van der Waals surface area contributed by atoms with Crippen molar-refractivity contribution in [1.82, 2.24) is 10.4 Å². The van der Waals surface area contributed by atoms with E-state index in [4.69, 9.17) is 23.2 Å². The molecule has 8 heteroatoms. The van der Waals surface area contributed by atoms with Crippen LogP contribution in [0, 0.1) is 0 Å². The van der Waals surface area contributed by atoms with E-state index in [1.807, 2.05) is 0 Å². The lowest BCUT2D eigenvalue weighted by atomic mass is 10.1. The molecule has 0 radical (unpaired) electrons. The van der Waals surface area contributed by atoms with Crippen LogP contribution in [0.1, 0.15) is 26.3 Å². The first-order valence-corrected chi connectivity index (χ1v) is 8.88. The minimum absolute atomic E-state index is 0.338. The highest BCUT2D eigenvalue weighted by Crippen LogP contribution is 2.20. The zero-order valence-corrected chi connectivity index (χ0v) is 15.9. The maximum Gasteiger partial charge on any atom is 0.271 e. The summed E-state index contributed by atoms with van der Waals surface area (Å²) in [6.45, 7) is 0. The van der Waals surface area contributed by atoms with E-state index in [1.54, 1.807) is 54.9 Å². The van der Waals surface area contributed by atoms with Gasteiger partial charge in [-0.05, 0) is 60.2 Å². The second kappa shape index (κ2) is 9.12. The zero-order valence-electron chi connectivity index (χ0n) is 14.4. The molecule has 0 atom stereocenters. The van der Waals surface area contributed by atoms with E-state index in [0.29, 0.717) is 26.9 Å². The molecule has 3 rings (SSSR count). The van der Waals surface area contributed by atoms with Gasteiger partial charge in [0.05, 0.1) is 6.21 Å². The molecule has 0 spiro atoms. The summed E-state index contributed by atoms with van der Waals surface area (Å²) in [4.78, 5) is 28.3. The van der Waals surface area contributed by atoms with Crippen LogP contribution >= 0.6 is 23.2 Å². The molecule has 0 unspecified atom stereocenters. The summed E-state index contributed by atoms with van der Waals surface area (Å²) in [7, 11) is 0. The average molecular weight is 413 g/mol. The summed E-state index contributed by atoms with van der Waals surface area (Å²) in [6.07, 6.45) is 4.78. The standard InChI is InChI=1S/C20H14Cl2N4O2/c21-16-9-15(10-17(22)11-16)19(27)25-18-3-1-14(2-4-18)20(28)26-24-12-13-5-7-23-8-6-13/h1-12H,(H,25,27)(H,26,28)/b24-12+. The molecule has 2 amide bonds. The van der Waals surface area contributed by atoms with Crippen molar-refractivity contribution in [3.63, 3.8) is 0 Å². The molecule has 28 heavy (non-hydrogen) atoms. The summed E-state index contributed by atoms with van der Waals surface area (Å²) < 4.78 is 0. The summed E-state index contributed by atoms with van der Waals surface area (Å²) in [6, 6.07) is 14.5. The van der Waals surface area contributed by atoms with Gasteiger partial charge in [-0.15, -0.1) is 0 Å². The first-order valence-electron chi connectivity index (χ1n) is 8.12. The van der Waals surface area contributed by atoms with E-state index in [2.05, 4.69) is 20.8 Å². The summed E-state index contributed by atoms with van der Waals surface area (Å²) >= 11 is 11.8. The lowest BCUT2D eigenvalue weighted by Gasteiger charge is -2.07.